The Kier molecular flexibility index (Phi) is 2.26. The minimum Gasteiger partial charge on any atom is -0.465 e. The van der Waals surface area contributed by atoms with E-state index in [4.69, 9.17) is 0 Å². The number of benzene rings is 1. The van der Waals surface area contributed by atoms with E-state index in [0.717, 1.165) is 5.56 Å². The largest absolute Gasteiger partial charge is 0.465 e. The number of ether oxygens (including phenoxy) is 1. The number of carbonyl (C=O) groups excluding carboxylic acids is 1. The van der Waals surface area contributed by atoms with Gasteiger partial charge in [0.1, 0.15) is 0 Å². The summed E-state index contributed by atoms with van der Waals surface area (Å²) in [6.07, 6.45) is 0. The Hall–Kier alpha value is -1.36. The van der Waals surface area contributed by atoms with Crippen LogP contribution < -0.4 is 0 Å². The summed E-state index contributed by atoms with van der Waals surface area (Å²) in [5, 5.41) is 0. The van der Waals surface area contributed by atoms with Gasteiger partial charge in [-0.25, -0.2) is 13.2 Å². The van der Waals surface area contributed by atoms with E-state index < -0.39 is 15.8 Å². The molecule has 0 saturated heterocycles. The van der Waals surface area contributed by atoms with Gasteiger partial charge in [0.05, 0.1) is 24.2 Å². The van der Waals surface area contributed by atoms with Gasteiger partial charge in [-0.2, -0.15) is 0 Å². The molecule has 0 saturated carbocycles. The lowest BCUT2D eigenvalue weighted by Gasteiger charge is -2.01. The first-order chi connectivity index (χ1) is 7.02. The molecule has 0 spiro atoms. The van der Waals surface area contributed by atoms with E-state index in [9.17, 15) is 13.2 Å². The van der Waals surface area contributed by atoms with Gasteiger partial charge < -0.3 is 4.74 Å². The number of methoxy groups -OCH3 is 1. The van der Waals surface area contributed by atoms with Crippen LogP contribution in [0.3, 0.4) is 0 Å². The molecule has 1 aliphatic heterocycles. The van der Waals surface area contributed by atoms with Gasteiger partial charge in [0, 0.05) is 0 Å². The van der Waals surface area contributed by atoms with Crippen LogP contribution in [0.5, 0.6) is 0 Å². The fourth-order valence-corrected chi connectivity index (χ4v) is 3.27. The quantitative estimate of drug-likeness (QED) is 0.667. The van der Waals surface area contributed by atoms with Crippen LogP contribution in [0.2, 0.25) is 0 Å². The molecule has 0 unspecified atom stereocenters. The van der Waals surface area contributed by atoms with Crippen LogP contribution in [0.1, 0.15) is 21.5 Å². The predicted octanol–water partition coefficient (Wildman–Crippen LogP) is 0.902. The number of rotatable bonds is 1. The molecular weight excluding hydrogens is 216 g/mol. The van der Waals surface area contributed by atoms with E-state index in [1.54, 1.807) is 18.2 Å². The number of fused-ring (bicyclic) bond motifs is 1. The van der Waals surface area contributed by atoms with Crippen LogP contribution in [0.4, 0.5) is 0 Å². The molecule has 1 aliphatic rings. The van der Waals surface area contributed by atoms with Gasteiger partial charge in [0.15, 0.2) is 9.84 Å². The van der Waals surface area contributed by atoms with Crippen molar-refractivity contribution in [1.82, 2.24) is 0 Å². The molecule has 15 heavy (non-hydrogen) atoms. The van der Waals surface area contributed by atoms with Crippen LogP contribution in [-0.4, -0.2) is 21.5 Å². The number of carbonyl (C=O) groups is 1. The van der Waals surface area contributed by atoms with Crippen LogP contribution in [0.25, 0.3) is 0 Å². The molecule has 1 heterocycles. The number of sulfone groups is 1. The Bertz CT molecular complexity index is 516. The lowest BCUT2D eigenvalue weighted by Crippen LogP contribution is -2.01. The third-order valence-corrected chi connectivity index (χ3v) is 3.88. The maximum atomic E-state index is 11.3. The molecule has 80 valence electrons. The van der Waals surface area contributed by atoms with Crippen LogP contribution in [0.15, 0.2) is 18.2 Å². The summed E-state index contributed by atoms with van der Waals surface area (Å²) in [5.74, 6) is -0.348. The zero-order valence-corrected chi connectivity index (χ0v) is 9.00. The summed E-state index contributed by atoms with van der Waals surface area (Å²) >= 11 is 0. The molecule has 0 aromatic heterocycles. The van der Waals surface area contributed by atoms with Gasteiger partial charge in [-0.1, -0.05) is 6.07 Å². The number of hydrogen-bond donors (Lipinski definition) is 0. The van der Waals surface area contributed by atoms with E-state index in [2.05, 4.69) is 4.74 Å². The van der Waals surface area contributed by atoms with Crippen molar-refractivity contribution >= 4 is 15.8 Å². The normalized spacial score (nSPS) is 17.1. The zero-order valence-electron chi connectivity index (χ0n) is 8.19. The van der Waals surface area contributed by atoms with Crippen molar-refractivity contribution in [3.63, 3.8) is 0 Å². The Labute approximate surface area is 87.8 Å². The zero-order chi connectivity index (χ0) is 11.1. The second-order valence-corrected chi connectivity index (χ2v) is 5.57. The smallest absolute Gasteiger partial charge is 0.337 e. The fourth-order valence-electron chi connectivity index (χ4n) is 1.67. The third kappa shape index (κ3) is 1.87. The Morgan fingerprint density at radius 3 is 2.60 bits per heavy atom. The Morgan fingerprint density at radius 2 is 1.93 bits per heavy atom. The lowest BCUT2D eigenvalue weighted by atomic mass is 10.1. The van der Waals surface area contributed by atoms with Gasteiger partial charge in [-0.3, -0.25) is 0 Å². The SMILES string of the molecule is COC(=O)c1ccc2c(c1)CS(=O)(=O)C2. The number of esters is 1. The Balaban J connectivity index is 2.43. The highest BCUT2D eigenvalue weighted by atomic mass is 32.2. The van der Waals surface area contributed by atoms with E-state index >= 15 is 0 Å². The standard InChI is InChI=1S/C10H10O4S/c1-14-10(11)7-2-3-8-5-15(12,13)6-9(8)4-7/h2-4H,5-6H2,1H3. The molecule has 0 radical (unpaired) electrons. The van der Waals surface area contributed by atoms with Gasteiger partial charge in [0.25, 0.3) is 0 Å². The monoisotopic (exact) mass is 226 g/mol. The van der Waals surface area contributed by atoms with Crippen LogP contribution in [-0.2, 0) is 26.1 Å². The average molecular weight is 226 g/mol. The minimum absolute atomic E-state index is 0.0210. The lowest BCUT2D eigenvalue weighted by molar-refractivity contribution is 0.0600. The van der Waals surface area contributed by atoms with Crippen molar-refractivity contribution in [2.24, 2.45) is 0 Å². The molecule has 5 heteroatoms. The maximum absolute atomic E-state index is 11.3. The predicted molar refractivity (Wildman–Crippen MR) is 54.1 cm³/mol. The summed E-state index contributed by atoms with van der Waals surface area (Å²) in [7, 11) is -1.71. The summed E-state index contributed by atoms with van der Waals surface area (Å²) in [4.78, 5) is 11.2. The van der Waals surface area contributed by atoms with Crippen molar-refractivity contribution in [1.29, 1.82) is 0 Å². The van der Waals surface area contributed by atoms with Gasteiger partial charge in [-0.15, -0.1) is 0 Å². The van der Waals surface area contributed by atoms with Crippen LogP contribution in [0, 0.1) is 0 Å². The molecule has 0 N–H and O–H groups in total. The first-order valence-electron chi connectivity index (χ1n) is 4.42. The second kappa shape index (κ2) is 3.34. The molecule has 0 bridgehead atoms. The summed E-state index contributed by atoms with van der Waals surface area (Å²) in [5.41, 5.74) is 1.88. The molecule has 0 atom stereocenters. The second-order valence-electron chi connectivity index (χ2n) is 3.51. The molecule has 0 fully saturated rings. The molecule has 4 nitrogen and oxygen atoms in total. The topological polar surface area (TPSA) is 60.4 Å². The van der Waals surface area contributed by atoms with Crippen molar-refractivity contribution in [3.8, 4) is 0 Å². The highest BCUT2D eigenvalue weighted by molar-refractivity contribution is 7.90. The van der Waals surface area contributed by atoms with E-state index in [1.807, 2.05) is 0 Å². The Morgan fingerprint density at radius 1 is 1.27 bits per heavy atom. The van der Waals surface area contributed by atoms with E-state index in [-0.39, 0.29) is 11.5 Å². The van der Waals surface area contributed by atoms with Crippen molar-refractivity contribution in [3.05, 3.63) is 34.9 Å². The van der Waals surface area contributed by atoms with Crippen molar-refractivity contribution in [2.75, 3.05) is 7.11 Å². The summed E-state index contributed by atoms with van der Waals surface area (Å²) in [6, 6.07) is 4.85. The van der Waals surface area contributed by atoms with Crippen molar-refractivity contribution in [2.45, 2.75) is 11.5 Å². The first kappa shape index (κ1) is 10.2. The van der Waals surface area contributed by atoms with Gasteiger partial charge >= 0.3 is 5.97 Å². The summed E-state index contributed by atoms with van der Waals surface area (Å²) < 4.78 is 27.2. The highest BCUT2D eigenvalue weighted by Crippen LogP contribution is 2.25. The average Bonchev–Trinajstić information content (AvgIpc) is 2.49. The molecular formula is C10H10O4S. The number of hydrogen-bond acceptors (Lipinski definition) is 4. The molecule has 1 aromatic rings. The molecule has 2 rings (SSSR count). The molecule has 0 amide bonds. The van der Waals surface area contributed by atoms with Gasteiger partial charge in [0.2, 0.25) is 0 Å². The first-order valence-corrected chi connectivity index (χ1v) is 6.24. The van der Waals surface area contributed by atoms with E-state index in [1.165, 1.54) is 7.11 Å². The van der Waals surface area contributed by atoms with Gasteiger partial charge in [-0.05, 0) is 23.3 Å². The summed E-state index contributed by atoms with van der Waals surface area (Å²) in [6.45, 7) is 0. The fraction of sp³-hybridized carbons (Fsp3) is 0.300. The minimum atomic E-state index is -3.01. The van der Waals surface area contributed by atoms with Crippen LogP contribution >= 0.6 is 0 Å². The maximum Gasteiger partial charge on any atom is 0.337 e. The van der Waals surface area contributed by atoms with Crippen molar-refractivity contribution < 1.29 is 17.9 Å². The third-order valence-electron chi connectivity index (χ3n) is 2.38. The highest BCUT2D eigenvalue weighted by Gasteiger charge is 2.25. The van der Waals surface area contributed by atoms with E-state index in [0.29, 0.717) is 11.1 Å². The molecule has 0 aliphatic carbocycles. The molecule has 1 aromatic carbocycles.